The summed E-state index contributed by atoms with van der Waals surface area (Å²) in [6.07, 6.45) is 1.36. The molecule has 0 aliphatic heterocycles. The summed E-state index contributed by atoms with van der Waals surface area (Å²) in [6, 6.07) is 3.26. The molecule has 0 fully saturated rings. The average molecular weight is 279 g/mol. The smallest absolute Gasteiger partial charge is 0.244 e. The Kier molecular flexibility index (Phi) is 4.39. The van der Waals surface area contributed by atoms with Gasteiger partial charge in [0.05, 0.1) is 11.9 Å². The van der Waals surface area contributed by atoms with E-state index in [1.807, 2.05) is 0 Å². The van der Waals surface area contributed by atoms with Crippen molar-refractivity contribution in [2.24, 2.45) is 5.92 Å². The first-order valence-electron chi connectivity index (χ1n) is 6.20. The van der Waals surface area contributed by atoms with Gasteiger partial charge >= 0.3 is 0 Å². The monoisotopic (exact) mass is 279 g/mol. The second-order valence-electron chi connectivity index (χ2n) is 4.69. The van der Waals surface area contributed by atoms with E-state index in [1.165, 1.54) is 12.3 Å². The Bertz CT molecular complexity index is 589. The second kappa shape index (κ2) is 6.23. The molecule has 1 aromatic heterocycles. The highest BCUT2D eigenvalue weighted by Gasteiger charge is 2.06. The topological polar surface area (TPSA) is 62.7 Å². The van der Waals surface area contributed by atoms with E-state index in [-0.39, 0.29) is 5.69 Å². The molecule has 2 rings (SSSR count). The predicted molar refractivity (Wildman–Crippen MR) is 72.8 cm³/mol. The first kappa shape index (κ1) is 14.1. The van der Waals surface area contributed by atoms with E-state index in [0.717, 1.165) is 12.1 Å². The van der Waals surface area contributed by atoms with E-state index >= 15 is 0 Å². The molecule has 7 heteroatoms. The van der Waals surface area contributed by atoms with Crippen LogP contribution in [0.25, 0.3) is 0 Å². The van der Waals surface area contributed by atoms with Crippen molar-refractivity contribution >= 4 is 17.5 Å². The van der Waals surface area contributed by atoms with Crippen LogP contribution in [0.4, 0.5) is 26.2 Å². The molecule has 0 aliphatic rings. The summed E-state index contributed by atoms with van der Waals surface area (Å²) < 4.78 is 26.3. The molecule has 0 atom stereocenters. The minimum Gasteiger partial charge on any atom is -0.353 e. The molecule has 0 saturated heterocycles. The fourth-order valence-corrected chi connectivity index (χ4v) is 1.46. The number of halogens is 2. The second-order valence-corrected chi connectivity index (χ2v) is 4.69. The number of aromatic nitrogens is 3. The zero-order valence-corrected chi connectivity index (χ0v) is 11.2. The van der Waals surface area contributed by atoms with Crippen molar-refractivity contribution in [2.75, 3.05) is 17.2 Å². The minimum atomic E-state index is -0.694. The zero-order valence-electron chi connectivity index (χ0n) is 11.2. The van der Waals surface area contributed by atoms with Crippen LogP contribution in [0.2, 0.25) is 0 Å². The van der Waals surface area contributed by atoms with Gasteiger partial charge in [-0.2, -0.15) is 10.1 Å². The highest BCUT2D eigenvalue weighted by molar-refractivity contribution is 5.56. The van der Waals surface area contributed by atoms with E-state index in [9.17, 15) is 8.78 Å². The van der Waals surface area contributed by atoms with E-state index in [1.54, 1.807) is 0 Å². The van der Waals surface area contributed by atoms with Gasteiger partial charge in [0.2, 0.25) is 5.95 Å². The summed E-state index contributed by atoms with van der Waals surface area (Å²) in [4.78, 5) is 4.15. The quantitative estimate of drug-likeness (QED) is 0.881. The van der Waals surface area contributed by atoms with Crippen LogP contribution in [-0.2, 0) is 0 Å². The molecule has 1 heterocycles. The number of anilines is 3. The molecular formula is C13H15F2N5. The van der Waals surface area contributed by atoms with Crippen LogP contribution in [0.5, 0.6) is 0 Å². The van der Waals surface area contributed by atoms with Gasteiger partial charge in [-0.25, -0.2) is 8.78 Å². The van der Waals surface area contributed by atoms with Gasteiger partial charge in [0.1, 0.15) is 11.6 Å². The van der Waals surface area contributed by atoms with Crippen LogP contribution in [0.3, 0.4) is 0 Å². The number of rotatable bonds is 5. The van der Waals surface area contributed by atoms with Crippen molar-refractivity contribution < 1.29 is 8.78 Å². The maximum absolute atomic E-state index is 13.5. The lowest BCUT2D eigenvalue weighted by atomic mass is 10.2. The number of hydrogen-bond donors (Lipinski definition) is 2. The predicted octanol–water partition coefficient (Wildman–Crippen LogP) is 2.96. The molecule has 0 spiro atoms. The van der Waals surface area contributed by atoms with Gasteiger partial charge in [-0.05, 0) is 18.1 Å². The van der Waals surface area contributed by atoms with Crippen molar-refractivity contribution in [3.63, 3.8) is 0 Å². The fourth-order valence-electron chi connectivity index (χ4n) is 1.46. The average Bonchev–Trinajstić information content (AvgIpc) is 2.40. The SMILES string of the molecule is CC(C)CNc1nncc(Nc2ccc(F)cc2F)n1. The van der Waals surface area contributed by atoms with E-state index in [4.69, 9.17) is 0 Å². The molecule has 1 aromatic carbocycles. The lowest BCUT2D eigenvalue weighted by Crippen LogP contribution is -2.12. The Hall–Kier alpha value is -2.31. The third-order valence-corrected chi connectivity index (χ3v) is 2.42. The molecule has 0 radical (unpaired) electrons. The van der Waals surface area contributed by atoms with Gasteiger partial charge in [0.25, 0.3) is 0 Å². The lowest BCUT2D eigenvalue weighted by Gasteiger charge is -2.09. The zero-order chi connectivity index (χ0) is 14.5. The first-order chi connectivity index (χ1) is 9.54. The molecule has 2 aromatic rings. The van der Waals surface area contributed by atoms with Gasteiger partial charge in [0.15, 0.2) is 5.82 Å². The Morgan fingerprint density at radius 2 is 2.05 bits per heavy atom. The molecule has 0 bridgehead atoms. The standard InChI is InChI=1S/C13H15F2N5/c1-8(2)6-16-13-19-12(7-17-20-13)18-11-4-3-9(14)5-10(11)15/h3-5,7-8H,6H2,1-2H3,(H2,16,18,19,20). The molecule has 2 N–H and O–H groups in total. The van der Waals surface area contributed by atoms with Gasteiger partial charge in [-0.1, -0.05) is 13.8 Å². The summed E-state index contributed by atoms with van der Waals surface area (Å²) in [5.74, 6) is -0.207. The molecule has 20 heavy (non-hydrogen) atoms. The summed E-state index contributed by atoms with van der Waals surface area (Å²) in [5.41, 5.74) is 0.127. The largest absolute Gasteiger partial charge is 0.353 e. The van der Waals surface area contributed by atoms with E-state index in [2.05, 4.69) is 39.7 Å². The van der Waals surface area contributed by atoms with Crippen LogP contribution in [-0.4, -0.2) is 21.7 Å². The molecule has 106 valence electrons. The van der Waals surface area contributed by atoms with E-state index in [0.29, 0.717) is 24.2 Å². The molecule has 0 saturated carbocycles. The summed E-state index contributed by atoms with van der Waals surface area (Å²) in [6.45, 7) is 4.81. The van der Waals surface area contributed by atoms with Crippen molar-refractivity contribution in [2.45, 2.75) is 13.8 Å². The number of nitrogens with zero attached hydrogens (tertiary/aromatic N) is 3. The normalized spacial score (nSPS) is 10.7. The van der Waals surface area contributed by atoms with Crippen LogP contribution in [0.1, 0.15) is 13.8 Å². The lowest BCUT2D eigenvalue weighted by molar-refractivity contribution is 0.586. The third-order valence-electron chi connectivity index (χ3n) is 2.42. The van der Waals surface area contributed by atoms with E-state index < -0.39 is 11.6 Å². The highest BCUT2D eigenvalue weighted by Crippen LogP contribution is 2.19. The minimum absolute atomic E-state index is 0.127. The fraction of sp³-hybridized carbons (Fsp3) is 0.308. The van der Waals surface area contributed by atoms with Crippen molar-refractivity contribution in [3.8, 4) is 0 Å². The van der Waals surface area contributed by atoms with Crippen molar-refractivity contribution in [1.82, 2.24) is 15.2 Å². The molecule has 5 nitrogen and oxygen atoms in total. The first-order valence-corrected chi connectivity index (χ1v) is 6.20. The number of nitrogens with one attached hydrogen (secondary N) is 2. The Labute approximate surface area is 115 Å². The Balaban J connectivity index is 2.11. The maximum Gasteiger partial charge on any atom is 0.244 e. The van der Waals surface area contributed by atoms with Crippen LogP contribution in [0, 0.1) is 17.6 Å². The molecular weight excluding hydrogens is 264 g/mol. The molecule has 0 unspecified atom stereocenters. The van der Waals surface area contributed by atoms with Crippen LogP contribution >= 0.6 is 0 Å². The van der Waals surface area contributed by atoms with Gasteiger partial charge in [-0.15, -0.1) is 5.10 Å². The van der Waals surface area contributed by atoms with Gasteiger partial charge in [0, 0.05) is 12.6 Å². The van der Waals surface area contributed by atoms with Crippen molar-refractivity contribution in [3.05, 3.63) is 36.0 Å². The highest BCUT2D eigenvalue weighted by atomic mass is 19.1. The van der Waals surface area contributed by atoms with Crippen molar-refractivity contribution in [1.29, 1.82) is 0 Å². The maximum atomic E-state index is 13.5. The van der Waals surface area contributed by atoms with Gasteiger partial charge in [-0.3, -0.25) is 0 Å². The van der Waals surface area contributed by atoms with Crippen LogP contribution < -0.4 is 10.6 Å². The molecule has 0 aliphatic carbocycles. The Morgan fingerprint density at radius 1 is 1.25 bits per heavy atom. The summed E-state index contributed by atoms with van der Waals surface area (Å²) in [7, 11) is 0. The van der Waals surface area contributed by atoms with Gasteiger partial charge < -0.3 is 10.6 Å². The van der Waals surface area contributed by atoms with Crippen LogP contribution in [0.15, 0.2) is 24.4 Å². The number of benzene rings is 1. The summed E-state index contributed by atoms with van der Waals surface area (Å²) in [5, 5.41) is 13.3. The molecule has 0 amide bonds. The Morgan fingerprint density at radius 3 is 2.75 bits per heavy atom. The number of hydrogen-bond acceptors (Lipinski definition) is 5. The summed E-state index contributed by atoms with van der Waals surface area (Å²) >= 11 is 0. The third kappa shape index (κ3) is 3.84.